The molecule has 3 heteroatoms. The van der Waals surface area contributed by atoms with Gasteiger partial charge < -0.3 is 5.73 Å². The van der Waals surface area contributed by atoms with Crippen LogP contribution in [-0.2, 0) is 0 Å². The molecule has 60 valence electrons. The Labute approximate surface area is 68.4 Å². The summed E-state index contributed by atoms with van der Waals surface area (Å²) in [6, 6.07) is 0.241. The molecule has 0 aliphatic carbocycles. The number of likely N-dealkylation sites (N-methyl/N-ethyl adjacent to an activating group) is 1. The van der Waals surface area contributed by atoms with E-state index in [9.17, 15) is 0 Å². The number of nitrogens with two attached hydrogens (primary N) is 1. The van der Waals surface area contributed by atoms with Gasteiger partial charge in [0.05, 0.1) is 11.0 Å². The van der Waals surface area contributed by atoms with E-state index in [1.54, 1.807) is 0 Å². The molecule has 0 aliphatic heterocycles. The number of hydrogen-bond donors (Lipinski definition) is 1. The first-order chi connectivity index (χ1) is 4.63. The van der Waals surface area contributed by atoms with Crippen LogP contribution in [-0.4, -0.2) is 29.0 Å². The maximum atomic E-state index is 5.48. The summed E-state index contributed by atoms with van der Waals surface area (Å²) in [5.41, 5.74) is 5.48. The third-order valence-corrected chi connectivity index (χ3v) is 2.11. The average Bonchev–Trinajstić information content (AvgIpc) is 1.90. The summed E-state index contributed by atoms with van der Waals surface area (Å²) in [5, 5.41) is 0. The van der Waals surface area contributed by atoms with Crippen molar-refractivity contribution in [3.63, 3.8) is 0 Å². The topological polar surface area (TPSA) is 29.3 Å². The van der Waals surface area contributed by atoms with Gasteiger partial charge >= 0.3 is 0 Å². The Hall–Kier alpha value is -0.150. The highest BCUT2D eigenvalue weighted by atomic mass is 32.1. The van der Waals surface area contributed by atoms with Crippen molar-refractivity contribution in [3.8, 4) is 0 Å². The molecule has 0 saturated carbocycles. The molecule has 2 nitrogen and oxygen atoms in total. The lowest BCUT2D eigenvalue weighted by atomic mass is 10.3. The van der Waals surface area contributed by atoms with Crippen molar-refractivity contribution >= 4 is 17.2 Å². The summed E-state index contributed by atoms with van der Waals surface area (Å²) in [6.07, 6.45) is 0. The number of thiocarbonyl (C=S) groups is 1. The Kier molecular flexibility index (Phi) is 4.56. The van der Waals surface area contributed by atoms with Crippen molar-refractivity contribution in [1.82, 2.24) is 4.90 Å². The molecule has 0 amide bonds. The molecule has 10 heavy (non-hydrogen) atoms. The largest absolute Gasteiger partial charge is 0.392 e. The maximum Gasteiger partial charge on any atom is 0.0899 e. The van der Waals surface area contributed by atoms with Gasteiger partial charge in [-0.1, -0.05) is 26.1 Å². The molecule has 0 bridgehead atoms. The summed E-state index contributed by atoms with van der Waals surface area (Å²) in [4.78, 5) is 2.81. The quantitative estimate of drug-likeness (QED) is 0.622. The van der Waals surface area contributed by atoms with Crippen LogP contribution < -0.4 is 5.73 Å². The van der Waals surface area contributed by atoms with Crippen LogP contribution in [0.4, 0.5) is 0 Å². The Morgan fingerprint density at radius 3 is 2.00 bits per heavy atom. The summed E-state index contributed by atoms with van der Waals surface area (Å²) in [6.45, 7) is 8.27. The first kappa shape index (κ1) is 9.85. The molecule has 2 N–H and O–H groups in total. The zero-order valence-electron chi connectivity index (χ0n) is 6.92. The van der Waals surface area contributed by atoms with E-state index in [2.05, 4.69) is 18.7 Å². The third kappa shape index (κ3) is 2.62. The van der Waals surface area contributed by atoms with Crippen LogP contribution in [0, 0.1) is 0 Å². The fraction of sp³-hybridized carbons (Fsp3) is 0.857. The van der Waals surface area contributed by atoms with Gasteiger partial charge in [-0.25, -0.2) is 0 Å². The molecule has 0 aromatic heterocycles. The predicted octanol–water partition coefficient (Wildman–Crippen LogP) is 1.00. The lowest BCUT2D eigenvalue weighted by molar-refractivity contribution is 0.282. The fourth-order valence-electron chi connectivity index (χ4n) is 0.951. The van der Waals surface area contributed by atoms with Gasteiger partial charge in [0.1, 0.15) is 0 Å². The van der Waals surface area contributed by atoms with Crippen LogP contribution in [0.15, 0.2) is 0 Å². The van der Waals surface area contributed by atoms with Gasteiger partial charge in [0, 0.05) is 0 Å². The molecule has 0 radical (unpaired) electrons. The minimum atomic E-state index is 0.241. The zero-order chi connectivity index (χ0) is 8.15. The molecule has 0 rings (SSSR count). The summed E-state index contributed by atoms with van der Waals surface area (Å²) >= 11 is 4.86. The fourth-order valence-corrected chi connectivity index (χ4v) is 1.10. The highest BCUT2D eigenvalue weighted by Crippen LogP contribution is 1.97. The minimum absolute atomic E-state index is 0.241. The lowest BCUT2D eigenvalue weighted by Crippen LogP contribution is -2.41. The first-order valence-corrected chi connectivity index (χ1v) is 4.07. The molecule has 0 fully saturated rings. The molecule has 0 heterocycles. The van der Waals surface area contributed by atoms with Crippen LogP contribution >= 0.6 is 12.2 Å². The average molecular weight is 160 g/mol. The van der Waals surface area contributed by atoms with Gasteiger partial charge in [-0.2, -0.15) is 0 Å². The summed E-state index contributed by atoms with van der Waals surface area (Å²) in [5.74, 6) is 0. The number of nitrogens with zero attached hydrogens (tertiary/aromatic N) is 1. The van der Waals surface area contributed by atoms with Gasteiger partial charge in [0.25, 0.3) is 0 Å². The normalized spacial score (nSPS) is 13.6. The molecule has 1 unspecified atom stereocenters. The monoisotopic (exact) mass is 160 g/mol. The molecule has 0 aromatic rings. The zero-order valence-corrected chi connectivity index (χ0v) is 7.74. The van der Waals surface area contributed by atoms with E-state index in [0.29, 0.717) is 4.99 Å². The Morgan fingerprint density at radius 2 is 1.90 bits per heavy atom. The molecular formula is C7H16N2S. The Balaban J connectivity index is 3.88. The summed E-state index contributed by atoms with van der Waals surface area (Å²) in [7, 11) is 0. The Morgan fingerprint density at radius 1 is 1.50 bits per heavy atom. The van der Waals surface area contributed by atoms with Gasteiger partial charge in [-0.05, 0) is 20.0 Å². The first-order valence-electron chi connectivity index (χ1n) is 3.66. The molecule has 1 atom stereocenters. The van der Waals surface area contributed by atoms with Crippen molar-refractivity contribution in [2.45, 2.75) is 26.8 Å². The van der Waals surface area contributed by atoms with Crippen molar-refractivity contribution in [1.29, 1.82) is 0 Å². The number of hydrogen-bond acceptors (Lipinski definition) is 2. The lowest BCUT2D eigenvalue weighted by Gasteiger charge is -2.24. The third-order valence-electron chi connectivity index (χ3n) is 1.77. The van der Waals surface area contributed by atoms with E-state index in [4.69, 9.17) is 18.0 Å². The standard InChI is InChI=1S/C7H16N2S/c1-4-9(5-2)6(3)7(8)10/h6H,4-5H2,1-3H3,(H2,8,10). The van der Waals surface area contributed by atoms with E-state index >= 15 is 0 Å². The van der Waals surface area contributed by atoms with E-state index in [1.165, 1.54) is 0 Å². The van der Waals surface area contributed by atoms with E-state index in [-0.39, 0.29) is 6.04 Å². The van der Waals surface area contributed by atoms with Crippen LogP contribution in [0.2, 0.25) is 0 Å². The van der Waals surface area contributed by atoms with Gasteiger partial charge in [-0.3, -0.25) is 4.90 Å². The molecule has 0 aliphatic rings. The van der Waals surface area contributed by atoms with Gasteiger partial charge in [-0.15, -0.1) is 0 Å². The molecule has 0 saturated heterocycles. The van der Waals surface area contributed by atoms with Crippen molar-refractivity contribution in [3.05, 3.63) is 0 Å². The Bertz CT molecular complexity index is 110. The molecular weight excluding hydrogens is 144 g/mol. The minimum Gasteiger partial charge on any atom is -0.392 e. The van der Waals surface area contributed by atoms with E-state index in [0.717, 1.165) is 13.1 Å². The second kappa shape index (κ2) is 4.63. The number of rotatable bonds is 4. The van der Waals surface area contributed by atoms with Crippen molar-refractivity contribution in [2.75, 3.05) is 13.1 Å². The second-order valence-corrected chi connectivity index (χ2v) is 2.77. The van der Waals surface area contributed by atoms with Crippen LogP contribution in [0.3, 0.4) is 0 Å². The molecule has 0 aromatic carbocycles. The SMILES string of the molecule is CCN(CC)C(C)C(N)=S. The molecule has 0 spiro atoms. The van der Waals surface area contributed by atoms with Gasteiger partial charge in [0.15, 0.2) is 0 Å². The summed E-state index contributed by atoms with van der Waals surface area (Å²) < 4.78 is 0. The van der Waals surface area contributed by atoms with Crippen molar-refractivity contribution in [2.24, 2.45) is 5.73 Å². The maximum absolute atomic E-state index is 5.48. The van der Waals surface area contributed by atoms with Crippen LogP contribution in [0.5, 0.6) is 0 Å². The van der Waals surface area contributed by atoms with Gasteiger partial charge in [0.2, 0.25) is 0 Å². The van der Waals surface area contributed by atoms with Crippen LogP contribution in [0.1, 0.15) is 20.8 Å². The van der Waals surface area contributed by atoms with E-state index in [1.807, 2.05) is 6.92 Å². The highest BCUT2D eigenvalue weighted by Gasteiger charge is 2.10. The highest BCUT2D eigenvalue weighted by molar-refractivity contribution is 7.80. The van der Waals surface area contributed by atoms with E-state index < -0.39 is 0 Å². The second-order valence-electron chi connectivity index (χ2n) is 2.30. The predicted molar refractivity (Wildman–Crippen MR) is 49.2 cm³/mol. The van der Waals surface area contributed by atoms with Crippen LogP contribution in [0.25, 0.3) is 0 Å². The van der Waals surface area contributed by atoms with Crippen molar-refractivity contribution < 1.29 is 0 Å². The smallest absolute Gasteiger partial charge is 0.0899 e.